The van der Waals surface area contributed by atoms with Crippen molar-refractivity contribution >= 4 is 22.2 Å². The first-order valence-corrected chi connectivity index (χ1v) is 7.76. The number of fused-ring (bicyclic) bond motifs is 1. The van der Waals surface area contributed by atoms with Gasteiger partial charge in [0.25, 0.3) is 0 Å². The van der Waals surface area contributed by atoms with E-state index in [4.69, 9.17) is 10.5 Å². The quantitative estimate of drug-likeness (QED) is 0.560. The van der Waals surface area contributed by atoms with Crippen molar-refractivity contribution in [3.63, 3.8) is 0 Å². The van der Waals surface area contributed by atoms with E-state index in [1.54, 1.807) is 12.1 Å². The van der Waals surface area contributed by atoms with E-state index >= 15 is 0 Å². The molecular formula is C20H19NO2. The number of hydrogen-bond acceptors (Lipinski definition) is 3. The Morgan fingerprint density at radius 2 is 1.61 bits per heavy atom. The number of carbonyl (C=O) groups excluding carboxylic acids is 1. The maximum Gasteiger partial charge on any atom is 0.195 e. The number of nitrogen functional groups attached to an aromatic ring is 1. The van der Waals surface area contributed by atoms with Gasteiger partial charge in [-0.25, -0.2) is 0 Å². The van der Waals surface area contributed by atoms with Crippen molar-refractivity contribution in [1.82, 2.24) is 0 Å². The Balaban J connectivity index is 2.12. The second-order valence-corrected chi connectivity index (χ2v) is 5.42. The van der Waals surface area contributed by atoms with Crippen molar-refractivity contribution in [2.45, 2.75) is 13.3 Å². The summed E-state index contributed by atoms with van der Waals surface area (Å²) in [6, 6.07) is 18.6. The van der Waals surface area contributed by atoms with Gasteiger partial charge in [0.05, 0.1) is 6.61 Å². The molecule has 0 aromatic heterocycles. The monoisotopic (exact) mass is 305 g/mol. The zero-order valence-corrected chi connectivity index (χ0v) is 13.1. The maximum atomic E-state index is 12.9. The van der Waals surface area contributed by atoms with Gasteiger partial charge in [0.2, 0.25) is 0 Å². The molecule has 3 aromatic carbocycles. The van der Waals surface area contributed by atoms with Gasteiger partial charge in [-0.2, -0.15) is 0 Å². The summed E-state index contributed by atoms with van der Waals surface area (Å²) in [6.45, 7) is 2.72. The molecule has 0 aliphatic carbocycles. The van der Waals surface area contributed by atoms with Gasteiger partial charge in [0.1, 0.15) is 5.75 Å². The van der Waals surface area contributed by atoms with Crippen molar-refractivity contribution in [3.05, 3.63) is 71.8 Å². The topological polar surface area (TPSA) is 52.3 Å². The predicted molar refractivity (Wildman–Crippen MR) is 94.0 cm³/mol. The van der Waals surface area contributed by atoms with Gasteiger partial charge in [0, 0.05) is 22.2 Å². The number of nitrogens with two attached hydrogens (primary N) is 1. The van der Waals surface area contributed by atoms with Gasteiger partial charge in [0.15, 0.2) is 5.78 Å². The van der Waals surface area contributed by atoms with E-state index in [-0.39, 0.29) is 5.78 Å². The van der Waals surface area contributed by atoms with Crippen LogP contribution < -0.4 is 10.5 Å². The lowest BCUT2D eigenvalue weighted by Gasteiger charge is -2.12. The standard InChI is InChI=1S/C20H19NO2/c1-2-13-23-19-12-11-16(14-7-3-4-8-15(14)19)20(22)17-9-5-6-10-18(17)21/h3-12H,2,13,21H2,1H3. The summed E-state index contributed by atoms with van der Waals surface area (Å²) in [5.74, 6) is 0.737. The lowest BCUT2D eigenvalue weighted by molar-refractivity contribution is 0.104. The van der Waals surface area contributed by atoms with Crippen LogP contribution in [0.15, 0.2) is 60.7 Å². The van der Waals surface area contributed by atoms with E-state index in [1.165, 1.54) is 0 Å². The van der Waals surface area contributed by atoms with Gasteiger partial charge in [-0.3, -0.25) is 4.79 Å². The number of ether oxygens (including phenoxy) is 1. The number of benzene rings is 3. The van der Waals surface area contributed by atoms with Crippen LogP contribution in [0.5, 0.6) is 5.75 Å². The molecule has 3 aromatic rings. The van der Waals surface area contributed by atoms with E-state index in [2.05, 4.69) is 6.92 Å². The Morgan fingerprint density at radius 3 is 2.35 bits per heavy atom. The molecule has 3 nitrogen and oxygen atoms in total. The summed E-state index contributed by atoms with van der Waals surface area (Å²) >= 11 is 0. The van der Waals surface area contributed by atoms with Gasteiger partial charge in [-0.15, -0.1) is 0 Å². The van der Waals surface area contributed by atoms with Gasteiger partial charge in [-0.1, -0.05) is 43.3 Å². The second kappa shape index (κ2) is 6.53. The Kier molecular flexibility index (Phi) is 4.29. The zero-order valence-electron chi connectivity index (χ0n) is 13.1. The summed E-state index contributed by atoms with van der Waals surface area (Å²) in [4.78, 5) is 12.9. The van der Waals surface area contributed by atoms with Gasteiger partial charge in [-0.05, 0) is 36.1 Å². The van der Waals surface area contributed by atoms with Gasteiger partial charge < -0.3 is 10.5 Å². The molecule has 3 rings (SSSR count). The highest BCUT2D eigenvalue weighted by Gasteiger charge is 2.16. The highest BCUT2D eigenvalue weighted by molar-refractivity contribution is 6.19. The largest absolute Gasteiger partial charge is 0.493 e. The molecule has 0 spiro atoms. The van der Waals surface area contributed by atoms with Crippen LogP contribution in [-0.2, 0) is 0 Å². The van der Waals surface area contributed by atoms with Crippen LogP contribution in [0.1, 0.15) is 29.3 Å². The fourth-order valence-corrected chi connectivity index (χ4v) is 2.66. The molecule has 0 atom stereocenters. The van der Waals surface area contributed by atoms with Crippen LogP contribution in [0.4, 0.5) is 5.69 Å². The van der Waals surface area contributed by atoms with Crippen molar-refractivity contribution in [2.75, 3.05) is 12.3 Å². The molecule has 0 amide bonds. The molecule has 3 heteroatoms. The Hall–Kier alpha value is -2.81. The molecule has 0 saturated heterocycles. The van der Waals surface area contributed by atoms with E-state index < -0.39 is 0 Å². The Morgan fingerprint density at radius 1 is 0.913 bits per heavy atom. The molecule has 2 N–H and O–H groups in total. The van der Waals surface area contributed by atoms with E-state index in [1.807, 2.05) is 48.5 Å². The number of carbonyl (C=O) groups is 1. The number of ketones is 1. The average Bonchev–Trinajstić information content (AvgIpc) is 2.59. The minimum absolute atomic E-state index is 0.0682. The summed E-state index contributed by atoms with van der Waals surface area (Å²) in [6.07, 6.45) is 0.940. The van der Waals surface area contributed by atoms with E-state index in [9.17, 15) is 4.79 Å². The van der Waals surface area contributed by atoms with Crippen LogP contribution in [0, 0.1) is 0 Å². The molecule has 0 aliphatic heterocycles. The van der Waals surface area contributed by atoms with Crippen molar-refractivity contribution in [1.29, 1.82) is 0 Å². The van der Waals surface area contributed by atoms with Crippen LogP contribution >= 0.6 is 0 Å². The maximum absolute atomic E-state index is 12.9. The zero-order chi connectivity index (χ0) is 16.2. The third kappa shape index (κ3) is 2.90. The molecule has 0 saturated carbocycles. The minimum Gasteiger partial charge on any atom is -0.493 e. The molecule has 0 unspecified atom stereocenters. The summed E-state index contributed by atoms with van der Waals surface area (Å²) in [5, 5.41) is 1.83. The normalized spacial score (nSPS) is 10.7. The molecule has 23 heavy (non-hydrogen) atoms. The second-order valence-electron chi connectivity index (χ2n) is 5.42. The van der Waals surface area contributed by atoms with Crippen LogP contribution in [0.2, 0.25) is 0 Å². The summed E-state index contributed by atoms with van der Waals surface area (Å²) in [7, 11) is 0. The highest BCUT2D eigenvalue weighted by atomic mass is 16.5. The van der Waals surface area contributed by atoms with Crippen molar-refractivity contribution in [3.8, 4) is 5.75 Å². The first kappa shape index (κ1) is 15.1. The number of rotatable bonds is 5. The highest BCUT2D eigenvalue weighted by Crippen LogP contribution is 2.30. The van der Waals surface area contributed by atoms with E-state index in [0.29, 0.717) is 23.4 Å². The molecule has 0 radical (unpaired) electrons. The molecule has 116 valence electrons. The summed E-state index contributed by atoms with van der Waals surface area (Å²) < 4.78 is 5.80. The van der Waals surface area contributed by atoms with Crippen molar-refractivity contribution in [2.24, 2.45) is 0 Å². The first-order valence-electron chi connectivity index (χ1n) is 7.76. The molecule has 0 bridgehead atoms. The smallest absolute Gasteiger partial charge is 0.195 e. The number of anilines is 1. The fourth-order valence-electron chi connectivity index (χ4n) is 2.66. The lowest BCUT2D eigenvalue weighted by atomic mass is 9.96. The average molecular weight is 305 g/mol. The molecular weight excluding hydrogens is 286 g/mol. The third-order valence-electron chi connectivity index (χ3n) is 3.80. The molecule has 0 aliphatic rings. The fraction of sp³-hybridized carbons (Fsp3) is 0.150. The van der Waals surface area contributed by atoms with Crippen LogP contribution in [-0.4, -0.2) is 12.4 Å². The van der Waals surface area contributed by atoms with Gasteiger partial charge >= 0.3 is 0 Å². The minimum atomic E-state index is -0.0682. The lowest BCUT2D eigenvalue weighted by Crippen LogP contribution is -2.06. The Labute approximate surface area is 135 Å². The first-order chi connectivity index (χ1) is 11.2. The number of para-hydroxylation sites is 1. The molecule has 0 heterocycles. The van der Waals surface area contributed by atoms with Crippen LogP contribution in [0.25, 0.3) is 10.8 Å². The Bertz CT molecular complexity index is 855. The number of hydrogen-bond donors (Lipinski definition) is 1. The summed E-state index contributed by atoms with van der Waals surface area (Å²) in [5.41, 5.74) is 7.62. The third-order valence-corrected chi connectivity index (χ3v) is 3.80. The van der Waals surface area contributed by atoms with Crippen LogP contribution in [0.3, 0.4) is 0 Å². The molecule has 0 fully saturated rings. The SMILES string of the molecule is CCCOc1ccc(C(=O)c2ccccc2N)c2ccccc12. The van der Waals surface area contributed by atoms with Crippen molar-refractivity contribution < 1.29 is 9.53 Å². The van der Waals surface area contributed by atoms with E-state index in [0.717, 1.165) is 22.9 Å². The predicted octanol–water partition coefficient (Wildman–Crippen LogP) is 4.44.